The lowest BCUT2D eigenvalue weighted by atomic mass is 10.1. The van der Waals surface area contributed by atoms with Crippen LogP contribution in [-0.2, 0) is 26.2 Å². The molecule has 2 amide bonds. The summed E-state index contributed by atoms with van der Waals surface area (Å²) in [5.74, 6) is -0.323. The van der Waals surface area contributed by atoms with Crippen LogP contribution in [0.1, 0.15) is 31.4 Å². The summed E-state index contributed by atoms with van der Waals surface area (Å²) < 4.78 is 40.0. The van der Waals surface area contributed by atoms with Crippen LogP contribution in [0.5, 0.6) is 11.5 Å². The predicted molar refractivity (Wildman–Crippen MR) is 160 cm³/mol. The van der Waals surface area contributed by atoms with Crippen molar-refractivity contribution in [2.24, 2.45) is 0 Å². The van der Waals surface area contributed by atoms with Gasteiger partial charge in [0, 0.05) is 24.2 Å². The Morgan fingerprint density at radius 2 is 1.63 bits per heavy atom. The molecule has 220 valence electrons. The van der Waals surface area contributed by atoms with E-state index in [1.54, 1.807) is 55.5 Å². The number of hydrogen-bond donors (Lipinski definition) is 1. The van der Waals surface area contributed by atoms with Gasteiger partial charge in [-0.2, -0.15) is 0 Å². The Labute approximate surface area is 247 Å². The highest BCUT2D eigenvalue weighted by Gasteiger charge is 2.34. The van der Waals surface area contributed by atoms with Crippen molar-refractivity contribution in [3.05, 3.63) is 82.9 Å². The Balaban J connectivity index is 2.10. The number of nitrogens with one attached hydrogen (secondary N) is 1. The van der Waals surface area contributed by atoms with Gasteiger partial charge in [-0.1, -0.05) is 48.4 Å². The first-order valence-corrected chi connectivity index (χ1v) is 15.0. The number of sulfonamides is 1. The number of hydrogen-bond acceptors (Lipinski definition) is 6. The maximum Gasteiger partial charge on any atom is 0.264 e. The molecule has 0 spiro atoms. The van der Waals surface area contributed by atoms with Crippen LogP contribution in [0, 0.1) is 6.92 Å². The number of nitrogens with zero attached hydrogens (tertiary/aromatic N) is 2. The second-order valence-electron chi connectivity index (χ2n) is 9.48. The first kappa shape index (κ1) is 31.8. The maximum absolute atomic E-state index is 14.1. The monoisotopic (exact) mass is 601 g/mol. The maximum atomic E-state index is 14.1. The molecule has 0 radical (unpaired) electrons. The molecule has 41 heavy (non-hydrogen) atoms. The van der Waals surface area contributed by atoms with Crippen LogP contribution in [0.4, 0.5) is 5.69 Å². The minimum atomic E-state index is -4.26. The topological polar surface area (TPSA) is 105 Å². The van der Waals surface area contributed by atoms with E-state index in [2.05, 4.69) is 5.32 Å². The number of carbonyl (C=O) groups is 2. The molecule has 0 saturated carbocycles. The molecule has 0 aliphatic carbocycles. The highest BCUT2D eigenvalue weighted by atomic mass is 35.5. The molecule has 0 unspecified atom stereocenters. The number of aryl methyl sites for hydroxylation is 1. The summed E-state index contributed by atoms with van der Waals surface area (Å²) in [5.41, 5.74) is 1.73. The van der Waals surface area contributed by atoms with Crippen molar-refractivity contribution < 1.29 is 27.5 Å². The van der Waals surface area contributed by atoms with Gasteiger partial charge in [0.2, 0.25) is 11.8 Å². The first-order valence-electron chi connectivity index (χ1n) is 13.1. The SMILES string of the molecule is CCCNC(=O)[C@@H](C)N(Cc1ccc(Cl)cc1)C(=O)CN(c1cc(OC)ccc1OC)S(=O)(=O)c1ccc(C)cc1. The second kappa shape index (κ2) is 14.2. The van der Waals surface area contributed by atoms with E-state index in [-0.39, 0.29) is 28.8 Å². The molecular formula is C30H36ClN3O6S. The Morgan fingerprint density at radius 3 is 2.22 bits per heavy atom. The van der Waals surface area contributed by atoms with Crippen molar-refractivity contribution in [3.63, 3.8) is 0 Å². The highest BCUT2D eigenvalue weighted by Crippen LogP contribution is 2.36. The Kier molecular flexibility index (Phi) is 11.0. The number of amides is 2. The third-order valence-electron chi connectivity index (χ3n) is 6.53. The molecule has 11 heteroatoms. The summed E-state index contributed by atoms with van der Waals surface area (Å²) >= 11 is 6.05. The zero-order valence-corrected chi connectivity index (χ0v) is 25.5. The van der Waals surface area contributed by atoms with Gasteiger partial charge in [-0.05, 0) is 62.2 Å². The number of anilines is 1. The van der Waals surface area contributed by atoms with E-state index in [1.807, 2.05) is 13.8 Å². The molecule has 3 aromatic rings. The molecule has 3 rings (SSSR count). The number of carbonyl (C=O) groups excluding carboxylic acids is 2. The number of benzene rings is 3. The van der Waals surface area contributed by atoms with Gasteiger partial charge in [0.05, 0.1) is 24.8 Å². The van der Waals surface area contributed by atoms with Gasteiger partial charge in [0.1, 0.15) is 24.1 Å². The quantitative estimate of drug-likeness (QED) is 0.302. The van der Waals surface area contributed by atoms with Gasteiger partial charge in [-0.3, -0.25) is 13.9 Å². The van der Waals surface area contributed by atoms with Crippen molar-refractivity contribution in [2.75, 3.05) is 31.6 Å². The van der Waals surface area contributed by atoms with Crippen LogP contribution < -0.4 is 19.1 Å². The van der Waals surface area contributed by atoms with Crippen molar-refractivity contribution in [1.29, 1.82) is 0 Å². The summed E-state index contributed by atoms with van der Waals surface area (Å²) in [7, 11) is -1.39. The van der Waals surface area contributed by atoms with Crippen LogP contribution in [-0.4, -0.2) is 58.5 Å². The van der Waals surface area contributed by atoms with Crippen molar-refractivity contribution in [3.8, 4) is 11.5 Å². The number of methoxy groups -OCH3 is 2. The summed E-state index contributed by atoms with van der Waals surface area (Å²) in [5, 5.41) is 3.35. The lowest BCUT2D eigenvalue weighted by Gasteiger charge is -2.32. The largest absolute Gasteiger partial charge is 0.497 e. The van der Waals surface area contributed by atoms with Gasteiger partial charge in [-0.15, -0.1) is 0 Å². The fourth-order valence-corrected chi connectivity index (χ4v) is 5.65. The first-order chi connectivity index (χ1) is 19.5. The van der Waals surface area contributed by atoms with E-state index in [1.165, 1.54) is 37.3 Å². The Morgan fingerprint density at radius 1 is 0.976 bits per heavy atom. The normalized spacial score (nSPS) is 11.9. The molecule has 0 aliphatic heterocycles. The van der Waals surface area contributed by atoms with Crippen LogP contribution in [0.2, 0.25) is 5.02 Å². The average molecular weight is 602 g/mol. The van der Waals surface area contributed by atoms with Gasteiger partial charge >= 0.3 is 0 Å². The molecule has 9 nitrogen and oxygen atoms in total. The summed E-state index contributed by atoms with van der Waals surface area (Å²) in [6.45, 7) is 5.30. The third kappa shape index (κ3) is 7.92. The smallest absolute Gasteiger partial charge is 0.264 e. The Hall–Kier alpha value is -3.76. The van der Waals surface area contributed by atoms with Gasteiger partial charge in [0.15, 0.2) is 0 Å². The zero-order chi connectivity index (χ0) is 30.2. The van der Waals surface area contributed by atoms with Crippen molar-refractivity contribution in [1.82, 2.24) is 10.2 Å². The molecule has 0 fully saturated rings. The van der Waals surface area contributed by atoms with Crippen LogP contribution in [0.25, 0.3) is 0 Å². The van der Waals surface area contributed by atoms with Crippen LogP contribution >= 0.6 is 11.6 Å². The van der Waals surface area contributed by atoms with E-state index < -0.39 is 28.5 Å². The summed E-state index contributed by atoms with van der Waals surface area (Å²) in [6.07, 6.45) is 0.724. The average Bonchev–Trinajstić information content (AvgIpc) is 2.97. The zero-order valence-electron chi connectivity index (χ0n) is 23.9. The number of ether oxygens (including phenoxy) is 2. The minimum absolute atomic E-state index is 0.00115. The molecule has 0 aliphatic rings. The van der Waals surface area contributed by atoms with Crippen molar-refractivity contribution >= 4 is 39.1 Å². The third-order valence-corrected chi connectivity index (χ3v) is 8.55. The van der Waals surface area contributed by atoms with Crippen LogP contribution in [0.15, 0.2) is 71.6 Å². The minimum Gasteiger partial charge on any atom is -0.497 e. The second-order valence-corrected chi connectivity index (χ2v) is 11.8. The number of rotatable bonds is 13. The summed E-state index contributed by atoms with van der Waals surface area (Å²) in [6, 6.07) is 17.0. The van der Waals surface area contributed by atoms with E-state index in [0.717, 1.165) is 21.9 Å². The molecule has 0 aromatic heterocycles. The standard InChI is InChI=1S/C30H36ClN3O6S/c1-6-17-32-30(36)22(3)33(19-23-9-11-24(31)12-10-23)29(35)20-34(27-18-25(39-4)13-16-28(27)40-5)41(37,38)26-14-7-21(2)8-15-26/h7-16,18,22H,6,17,19-20H2,1-5H3,(H,32,36)/t22-/m1/s1. The van der Waals surface area contributed by atoms with E-state index >= 15 is 0 Å². The Bertz CT molecular complexity index is 1450. The van der Waals surface area contributed by atoms with E-state index in [9.17, 15) is 18.0 Å². The van der Waals surface area contributed by atoms with Crippen LogP contribution in [0.3, 0.4) is 0 Å². The number of halogens is 1. The highest BCUT2D eigenvalue weighted by molar-refractivity contribution is 7.92. The fraction of sp³-hybridized carbons (Fsp3) is 0.333. The molecule has 1 N–H and O–H groups in total. The van der Waals surface area contributed by atoms with Gasteiger partial charge in [0.25, 0.3) is 10.0 Å². The fourth-order valence-electron chi connectivity index (χ4n) is 4.11. The molecule has 0 heterocycles. The molecule has 3 aromatic carbocycles. The van der Waals surface area contributed by atoms with Gasteiger partial charge < -0.3 is 19.7 Å². The van der Waals surface area contributed by atoms with Gasteiger partial charge in [-0.25, -0.2) is 8.42 Å². The lowest BCUT2D eigenvalue weighted by molar-refractivity contribution is -0.139. The lowest BCUT2D eigenvalue weighted by Crippen LogP contribution is -2.51. The van der Waals surface area contributed by atoms with E-state index in [0.29, 0.717) is 17.3 Å². The van der Waals surface area contributed by atoms with Crippen molar-refractivity contribution in [2.45, 2.75) is 44.7 Å². The van der Waals surface area contributed by atoms with E-state index in [4.69, 9.17) is 21.1 Å². The molecular weight excluding hydrogens is 566 g/mol. The molecule has 0 bridgehead atoms. The predicted octanol–water partition coefficient (Wildman–Crippen LogP) is 4.80. The summed E-state index contributed by atoms with van der Waals surface area (Å²) in [4.78, 5) is 28.4. The molecule has 1 atom stereocenters. The molecule has 0 saturated heterocycles.